The molecule has 0 radical (unpaired) electrons. The molecule has 0 bridgehead atoms. The number of amides is 1. The zero-order chi connectivity index (χ0) is 19.9. The minimum Gasteiger partial charge on any atom is -0.492 e. The molecule has 2 atom stereocenters. The van der Waals surface area contributed by atoms with E-state index >= 15 is 0 Å². The second kappa shape index (κ2) is 9.60. The fourth-order valence-electron chi connectivity index (χ4n) is 3.67. The van der Waals surface area contributed by atoms with Crippen molar-refractivity contribution in [3.63, 3.8) is 0 Å². The van der Waals surface area contributed by atoms with Crippen molar-refractivity contribution in [1.82, 2.24) is 10.2 Å². The van der Waals surface area contributed by atoms with Crippen LogP contribution in [0.15, 0.2) is 54.6 Å². The van der Waals surface area contributed by atoms with E-state index < -0.39 is 0 Å². The first-order valence-electron chi connectivity index (χ1n) is 10.2. The largest absolute Gasteiger partial charge is 0.492 e. The van der Waals surface area contributed by atoms with Crippen LogP contribution in [0.25, 0.3) is 0 Å². The van der Waals surface area contributed by atoms with E-state index in [1.54, 1.807) is 0 Å². The highest BCUT2D eigenvalue weighted by Crippen LogP contribution is 2.29. The molecule has 1 aliphatic heterocycles. The van der Waals surface area contributed by atoms with Gasteiger partial charge in [-0.2, -0.15) is 0 Å². The number of hydrogen-bond donors (Lipinski definition) is 1. The van der Waals surface area contributed by atoms with Gasteiger partial charge in [-0.05, 0) is 38.5 Å². The van der Waals surface area contributed by atoms with Crippen molar-refractivity contribution in [2.45, 2.75) is 32.9 Å². The molecular weight excluding hydrogens is 350 g/mol. The number of piperazine rings is 1. The van der Waals surface area contributed by atoms with Crippen LogP contribution in [0, 0.1) is 0 Å². The summed E-state index contributed by atoms with van der Waals surface area (Å²) >= 11 is 0. The summed E-state index contributed by atoms with van der Waals surface area (Å²) in [6.07, 6.45) is 0. The van der Waals surface area contributed by atoms with Crippen LogP contribution in [-0.4, -0.2) is 49.6 Å². The summed E-state index contributed by atoms with van der Waals surface area (Å²) in [6.45, 7) is 10.2. The predicted molar refractivity (Wildman–Crippen MR) is 114 cm³/mol. The predicted octanol–water partition coefficient (Wildman–Crippen LogP) is 3.47. The Kier molecular flexibility index (Phi) is 6.93. The Bertz CT molecular complexity index is 757. The van der Waals surface area contributed by atoms with Gasteiger partial charge >= 0.3 is 0 Å². The maximum atomic E-state index is 12.7. The van der Waals surface area contributed by atoms with Crippen LogP contribution < -0.4 is 15.0 Å². The SMILES string of the molecule is CCOc1ccccc1N1CCN(C(C)C(=O)NC(C)c2ccccc2)CC1. The zero-order valence-electron chi connectivity index (χ0n) is 17.1. The molecule has 1 fully saturated rings. The molecule has 0 saturated carbocycles. The average molecular weight is 382 g/mol. The maximum absolute atomic E-state index is 12.7. The number of anilines is 1. The standard InChI is InChI=1S/C23H31N3O2/c1-4-28-22-13-9-8-12-21(22)26-16-14-25(15-17-26)19(3)23(27)24-18(2)20-10-6-5-7-11-20/h5-13,18-19H,4,14-17H2,1-3H3,(H,24,27). The fraction of sp³-hybridized carbons (Fsp3) is 0.435. The Morgan fingerprint density at radius 2 is 1.64 bits per heavy atom. The molecule has 5 nitrogen and oxygen atoms in total. The molecule has 28 heavy (non-hydrogen) atoms. The quantitative estimate of drug-likeness (QED) is 0.798. The van der Waals surface area contributed by atoms with E-state index in [4.69, 9.17) is 4.74 Å². The van der Waals surface area contributed by atoms with Crippen LogP contribution >= 0.6 is 0 Å². The minimum absolute atomic E-state index is 0.00973. The molecule has 1 aliphatic rings. The van der Waals surface area contributed by atoms with E-state index in [2.05, 4.69) is 21.2 Å². The number of carbonyl (C=O) groups is 1. The number of para-hydroxylation sites is 2. The number of benzene rings is 2. The Morgan fingerprint density at radius 3 is 2.32 bits per heavy atom. The van der Waals surface area contributed by atoms with Crippen molar-refractivity contribution in [2.24, 2.45) is 0 Å². The first-order valence-corrected chi connectivity index (χ1v) is 10.2. The summed E-state index contributed by atoms with van der Waals surface area (Å²) in [5, 5.41) is 3.15. The maximum Gasteiger partial charge on any atom is 0.237 e. The van der Waals surface area contributed by atoms with Crippen LogP contribution in [0.5, 0.6) is 5.75 Å². The Morgan fingerprint density at radius 1 is 1.00 bits per heavy atom. The van der Waals surface area contributed by atoms with Gasteiger partial charge in [-0.1, -0.05) is 42.5 Å². The van der Waals surface area contributed by atoms with Crippen LogP contribution in [0.2, 0.25) is 0 Å². The van der Waals surface area contributed by atoms with Gasteiger partial charge in [-0.15, -0.1) is 0 Å². The molecule has 150 valence electrons. The lowest BCUT2D eigenvalue weighted by Gasteiger charge is -2.39. The number of carbonyl (C=O) groups excluding carboxylic acids is 1. The molecule has 1 heterocycles. The van der Waals surface area contributed by atoms with Gasteiger partial charge in [0.25, 0.3) is 0 Å². The fourth-order valence-corrected chi connectivity index (χ4v) is 3.67. The monoisotopic (exact) mass is 381 g/mol. The second-order valence-electron chi connectivity index (χ2n) is 7.24. The number of ether oxygens (including phenoxy) is 1. The van der Waals surface area contributed by atoms with Crippen molar-refractivity contribution in [1.29, 1.82) is 0 Å². The van der Waals surface area contributed by atoms with Gasteiger partial charge in [0.05, 0.1) is 24.4 Å². The highest BCUT2D eigenvalue weighted by atomic mass is 16.5. The lowest BCUT2D eigenvalue weighted by atomic mass is 10.1. The van der Waals surface area contributed by atoms with Crippen molar-refractivity contribution >= 4 is 11.6 Å². The van der Waals surface area contributed by atoms with E-state index in [0.717, 1.165) is 43.2 Å². The average Bonchev–Trinajstić information content (AvgIpc) is 2.74. The molecule has 1 N–H and O–H groups in total. The van der Waals surface area contributed by atoms with Gasteiger partial charge in [-0.3, -0.25) is 9.69 Å². The molecule has 0 aromatic heterocycles. The van der Waals surface area contributed by atoms with Gasteiger partial charge < -0.3 is 15.0 Å². The molecule has 5 heteroatoms. The summed E-state index contributed by atoms with van der Waals surface area (Å²) < 4.78 is 5.77. The van der Waals surface area contributed by atoms with Crippen molar-refractivity contribution in [3.8, 4) is 5.75 Å². The highest BCUT2D eigenvalue weighted by Gasteiger charge is 2.27. The minimum atomic E-state index is -0.143. The summed E-state index contributed by atoms with van der Waals surface area (Å²) in [5.41, 5.74) is 2.26. The highest BCUT2D eigenvalue weighted by molar-refractivity contribution is 5.81. The molecule has 0 spiro atoms. The lowest BCUT2D eigenvalue weighted by Crippen LogP contribution is -2.54. The summed E-state index contributed by atoms with van der Waals surface area (Å²) in [4.78, 5) is 17.3. The zero-order valence-corrected chi connectivity index (χ0v) is 17.1. The molecule has 2 aromatic carbocycles. The summed E-state index contributed by atoms with van der Waals surface area (Å²) in [5.74, 6) is 1.01. The van der Waals surface area contributed by atoms with Gasteiger partial charge in [0, 0.05) is 26.2 Å². The molecule has 2 aromatic rings. The van der Waals surface area contributed by atoms with Crippen molar-refractivity contribution in [2.75, 3.05) is 37.7 Å². The molecule has 1 saturated heterocycles. The molecule has 1 amide bonds. The van der Waals surface area contributed by atoms with Crippen molar-refractivity contribution < 1.29 is 9.53 Å². The Balaban J connectivity index is 1.55. The Labute approximate surface area is 168 Å². The van der Waals surface area contributed by atoms with Gasteiger partial charge in [0.2, 0.25) is 5.91 Å². The number of nitrogens with one attached hydrogen (secondary N) is 1. The van der Waals surface area contributed by atoms with Crippen molar-refractivity contribution in [3.05, 3.63) is 60.2 Å². The number of hydrogen-bond acceptors (Lipinski definition) is 4. The topological polar surface area (TPSA) is 44.8 Å². The third-order valence-electron chi connectivity index (χ3n) is 5.41. The van der Waals surface area contributed by atoms with Crippen LogP contribution in [0.4, 0.5) is 5.69 Å². The van der Waals surface area contributed by atoms with E-state index in [0.29, 0.717) is 6.61 Å². The van der Waals surface area contributed by atoms with E-state index in [-0.39, 0.29) is 18.0 Å². The third kappa shape index (κ3) is 4.84. The number of nitrogens with zero attached hydrogens (tertiary/aromatic N) is 2. The van der Waals surface area contributed by atoms with E-state index in [1.807, 2.05) is 69.3 Å². The Hall–Kier alpha value is -2.53. The smallest absolute Gasteiger partial charge is 0.237 e. The first-order chi connectivity index (χ1) is 13.6. The third-order valence-corrected chi connectivity index (χ3v) is 5.41. The lowest BCUT2D eigenvalue weighted by molar-refractivity contribution is -0.126. The first kappa shape index (κ1) is 20.2. The van der Waals surface area contributed by atoms with Crippen LogP contribution in [0.3, 0.4) is 0 Å². The summed E-state index contributed by atoms with van der Waals surface area (Å²) in [6, 6.07) is 18.1. The summed E-state index contributed by atoms with van der Waals surface area (Å²) in [7, 11) is 0. The van der Waals surface area contributed by atoms with Gasteiger partial charge in [-0.25, -0.2) is 0 Å². The normalized spacial score (nSPS) is 17.0. The molecular formula is C23H31N3O2. The molecule has 3 rings (SSSR count). The van der Waals surface area contributed by atoms with Crippen LogP contribution in [-0.2, 0) is 4.79 Å². The van der Waals surface area contributed by atoms with Crippen LogP contribution in [0.1, 0.15) is 32.4 Å². The number of rotatable bonds is 7. The molecule has 2 unspecified atom stereocenters. The van der Waals surface area contributed by atoms with Gasteiger partial charge in [0.15, 0.2) is 0 Å². The van der Waals surface area contributed by atoms with Gasteiger partial charge in [0.1, 0.15) is 5.75 Å². The van der Waals surface area contributed by atoms with E-state index in [9.17, 15) is 4.79 Å². The van der Waals surface area contributed by atoms with E-state index in [1.165, 1.54) is 0 Å². The second-order valence-corrected chi connectivity index (χ2v) is 7.24. The molecule has 0 aliphatic carbocycles.